The third kappa shape index (κ3) is 7.71. The van der Waals surface area contributed by atoms with Gasteiger partial charge in [-0.3, -0.25) is 0 Å². The number of piperidine rings is 1. The lowest BCUT2D eigenvalue weighted by Gasteiger charge is -2.39. The van der Waals surface area contributed by atoms with Gasteiger partial charge in [-0.15, -0.1) is 0 Å². The minimum Gasteiger partial charge on any atom is -0.320 e. The van der Waals surface area contributed by atoms with Gasteiger partial charge in [0.1, 0.15) is 0 Å². The summed E-state index contributed by atoms with van der Waals surface area (Å²) in [5.41, 5.74) is 0.777. The lowest BCUT2D eigenvalue weighted by atomic mass is 10.0. The van der Waals surface area contributed by atoms with E-state index in [9.17, 15) is 18.0 Å². The number of anilines is 1. The predicted octanol–water partition coefficient (Wildman–Crippen LogP) is 5.73. The average Bonchev–Trinajstić information content (AvgIpc) is 3.39. The molecular weight excluding hydrogens is 465 g/mol. The average molecular weight is 503 g/mol. The van der Waals surface area contributed by atoms with Crippen LogP contribution in [0.25, 0.3) is 0 Å². The molecule has 2 heterocycles. The van der Waals surface area contributed by atoms with Gasteiger partial charge in [0, 0.05) is 37.9 Å². The summed E-state index contributed by atoms with van der Waals surface area (Å²) in [6, 6.07) is 15.2. The monoisotopic (exact) mass is 502 g/mol. The number of aryl methyl sites for hydroxylation is 1. The maximum Gasteiger partial charge on any atom is 0.416 e. The molecule has 36 heavy (non-hydrogen) atoms. The predicted molar refractivity (Wildman–Crippen MR) is 137 cm³/mol. The number of hydrogen-bond acceptors (Lipinski definition) is 3. The Balaban J connectivity index is 1.33. The maximum absolute atomic E-state index is 13.3. The van der Waals surface area contributed by atoms with Crippen LogP contribution in [0, 0.1) is 0 Å². The van der Waals surface area contributed by atoms with E-state index in [2.05, 4.69) is 39.4 Å². The van der Waals surface area contributed by atoms with Gasteiger partial charge < -0.3 is 20.0 Å². The fourth-order valence-electron chi connectivity index (χ4n) is 5.28. The molecule has 0 radical (unpaired) electrons. The molecule has 5 nitrogen and oxygen atoms in total. The van der Waals surface area contributed by atoms with Crippen LogP contribution in [0.3, 0.4) is 0 Å². The molecule has 1 N–H and O–H groups in total. The Labute approximate surface area is 212 Å². The van der Waals surface area contributed by atoms with Crippen LogP contribution < -0.4 is 5.32 Å². The van der Waals surface area contributed by atoms with E-state index >= 15 is 0 Å². The SMILES string of the molecule is O=C(Nc1cccc(C(F)(F)F)c1)N(CCN1CCCC1)C1CCN(CCCc2ccccc2)CC1. The zero-order valence-electron chi connectivity index (χ0n) is 20.8. The van der Waals surface area contributed by atoms with Crippen molar-refractivity contribution in [2.24, 2.45) is 0 Å². The normalized spacial score (nSPS) is 17.9. The van der Waals surface area contributed by atoms with Crippen LogP contribution in [0.4, 0.5) is 23.7 Å². The summed E-state index contributed by atoms with van der Waals surface area (Å²) in [5, 5.41) is 2.75. The van der Waals surface area contributed by atoms with E-state index in [1.807, 2.05) is 11.0 Å². The van der Waals surface area contributed by atoms with Gasteiger partial charge in [0.15, 0.2) is 0 Å². The van der Waals surface area contributed by atoms with Crippen LogP contribution in [0.2, 0.25) is 0 Å². The van der Waals surface area contributed by atoms with Gasteiger partial charge in [-0.25, -0.2) is 4.79 Å². The molecule has 0 aliphatic carbocycles. The summed E-state index contributed by atoms with van der Waals surface area (Å²) in [6.07, 6.45) is 1.83. The fraction of sp³-hybridized carbons (Fsp3) is 0.536. The van der Waals surface area contributed by atoms with Gasteiger partial charge in [-0.1, -0.05) is 36.4 Å². The Morgan fingerprint density at radius 1 is 0.917 bits per heavy atom. The van der Waals surface area contributed by atoms with Crippen LogP contribution in [0.5, 0.6) is 0 Å². The molecule has 196 valence electrons. The molecule has 4 rings (SSSR count). The second-order valence-electron chi connectivity index (χ2n) is 9.91. The number of halogens is 3. The highest BCUT2D eigenvalue weighted by Crippen LogP contribution is 2.31. The lowest BCUT2D eigenvalue weighted by Crippen LogP contribution is -2.51. The van der Waals surface area contributed by atoms with E-state index in [1.54, 1.807) is 0 Å². The first-order valence-corrected chi connectivity index (χ1v) is 13.1. The zero-order valence-corrected chi connectivity index (χ0v) is 20.8. The third-order valence-electron chi connectivity index (χ3n) is 7.34. The number of carbonyl (C=O) groups is 1. The molecule has 0 bridgehead atoms. The van der Waals surface area contributed by atoms with Crippen molar-refractivity contribution in [1.82, 2.24) is 14.7 Å². The highest BCUT2D eigenvalue weighted by Gasteiger charge is 2.32. The first-order chi connectivity index (χ1) is 17.4. The number of rotatable bonds is 9. The number of amides is 2. The van der Waals surface area contributed by atoms with E-state index in [1.165, 1.54) is 30.5 Å². The number of nitrogens with zero attached hydrogens (tertiary/aromatic N) is 3. The first-order valence-electron chi connectivity index (χ1n) is 13.1. The van der Waals surface area contributed by atoms with Crippen molar-refractivity contribution in [3.8, 4) is 0 Å². The summed E-state index contributed by atoms with van der Waals surface area (Å²) in [7, 11) is 0. The molecule has 2 amide bonds. The number of carbonyl (C=O) groups excluding carboxylic acids is 1. The van der Waals surface area contributed by atoms with Gasteiger partial charge in [0.25, 0.3) is 0 Å². The largest absolute Gasteiger partial charge is 0.416 e. The van der Waals surface area contributed by atoms with Crippen LogP contribution in [-0.4, -0.2) is 72.6 Å². The lowest BCUT2D eigenvalue weighted by molar-refractivity contribution is -0.137. The highest BCUT2D eigenvalue weighted by molar-refractivity contribution is 5.89. The van der Waals surface area contributed by atoms with E-state index in [0.29, 0.717) is 6.54 Å². The maximum atomic E-state index is 13.3. The minimum absolute atomic E-state index is 0.0868. The van der Waals surface area contributed by atoms with Crippen LogP contribution in [0.1, 0.15) is 43.2 Å². The molecule has 2 fully saturated rings. The van der Waals surface area contributed by atoms with Crippen molar-refractivity contribution >= 4 is 11.7 Å². The van der Waals surface area contributed by atoms with Crippen molar-refractivity contribution in [3.05, 3.63) is 65.7 Å². The second kappa shape index (κ2) is 12.6. The second-order valence-corrected chi connectivity index (χ2v) is 9.91. The highest BCUT2D eigenvalue weighted by atomic mass is 19.4. The minimum atomic E-state index is -4.44. The Morgan fingerprint density at radius 3 is 2.31 bits per heavy atom. The molecule has 2 aromatic rings. The molecule has 2 aliphatic heterocycles. The van der Waals surface area contributed by atoms with Crippen LogP contribution in [0.15, 0.2) is 54.6 Å². The van der Waals surface area contributed by atoms with E-state index in [-0.39, 0.29) is 17.8 Å². The van der Waals surface area contributed by atoms with Crippen molar-refractivity contribution in [1.29, 1.82) is 0 Å². The number of likely N-dealkylation sites (tertiary alicyclic amines) is 2. The molecule has 0 saturated carbocycles. The molecule has 2 aliphatic rings. The number of hydrogen-bond donors (Lipinski definition) is 1. The Bertz CT molecular complexity index is 955. The number of alkyl halides is 3. The number of urea groups is 1. The zero-order chi connectivity index (χ0) is 25.4. The summed E-state index contributed by atoms with van der Waals surface area (Å²) in [5.74, 6) is 0. The van der Waals surface area contributed by atoms with Crippen LogP contribution >= 0.6 is 0 Å². The van der Waals surface area contributed by atoms with E-state index in [0.717, 1.165) is 77.1 Å². The van der Waals surface area contributed by atoms with E-state index in [4.69, 9.17) is 0 Å². The van der Waals surface area contributed by atoms with Crippen molar-refractivity contribution in [2.45, 2.75) is 50.7 Å². The Hall–Kier alpha value is -2.58. The summed E-state index contributed by atoms with van der Waals surface area (Å²) >= 11 is 0. The molecule has 8 heteroatoms. The number of nitrogens with one attached hydrogen (secondary N) is 1. The van der Waals surface area contributed by atoms with Crippen molar-refractivity contribution < 1.29 is 18.0 Å². The smallest absolute Gasteiger partial charge is 0.320 e. The van der Waals surface area contributed by atoms with Gasteiger partial charge in [-0.2, -0.15) is 13.2 Å². The topological polar surface area (TPSA) is 38.8 Å². The first kappa shape index (κ1) is 26.5. The van der Waals surface area contributed by atoms with Crippen molar-refractivity contribution in [2.75, 3.05) is 51.1 Å². The van der Waals surface area contributed by atoms with Crippen molar-refractivity contribution in [3.63, 3.8) is 0 Å². The molecular formula is C28H37F3N4O. The third-order valence-corrected chi connectivity index (χ3v) is 7.34. The molecule has 0 atom stereocenters. The van der Waals surface area contributed by atoms with Gasteiger partial charge >= 0.3 is 12.2 Å². The molecule has 2 aromatic carbocycles. The summed E-state index contributed by atoms with van der Waals surface area (Å²) < 4.78 is 39.4. The summed E-state index contributed by atoms with van der Waals surface area (Å²) in [6.45, 7) is 6.36. The molecule has 0 unspecified atom stereocenters. The molecule has 2 saturated heterocycles. The summed E-state index contributed by atoms with van der Waals surface area (Å²) in [4.78, 5) is 20.0. The number of benzene rings is 2. The Kier molecular flexibility index (Phi) is 9.26. The fourth-order valence-corrected chi connectivity index (χ4v) is 5.28. The van der Waals surface area contributed by atoms with Gasteiger partial charge in [0.05, 0.1) is 5.56 Å². The molecule has 0 spiro atoms. The van der Waals surface area contributed by atoms with E-state index < -0.39 is 11.7 Å². The molecule has 0 aromatic heterocycles. The van der Waals surface area contributed by atoms with Gasteiger partial charge in [0.2, 0.25) is 0 Å². The van der Waals surface area contributed by atoms with Crippen LogP contribution in [-0.2, 0) is 12.6 Å². The standard InChI is InChI=1S/C28H37F3N4O/c29-28(30,31)24-11-6-12-25(22-24)32-27(36)35(21-20-33-15-4-5-16-33)26-13-18-34(19-14-26)17-7-10-23-8-2-1-3-9-23/h1-3,6,8-9,11-12,22,26H,4-5,7,10,13-21H2,(H,32,36). The quantitative estimate of drug-likeness (QED) is 0.476. The van der Waals surface area contributed by atoms with Gasteiger partial charge in [-0.05, 0) is 81.9 Å². The Morgan fingerprint density at radius 2 is 1.61 bits per heavy atom.